The van der Waals surface area contributed by atoms with Crippen molar-refractivity contribution < 1.29 is 29.0 Å². The number of nitrogens with zero attached hydrogens (tertiary/aromatic N) is 2. The second-order valence-corrected chi connectivity index (χ2v) is 7.43. The summed E-state index contributed by atoms with van der Waals surface area (Å²) < 4.78 is 16.9. The molecular weight excluding hydrogens is 450 g/mol. The predicted octanol–water partition coefficient (Wildman–Crippen LogP) is 1.45. The van der Waals surface area contributed by atoms with Gasteiger partial charge in [0, 0.05) is 30.7 Å². The van der Waals surface area contributed by atoms with Gasteiger partial charge in [-0.3, -0.25) is 24.5 Å². The van der Waals surface area contributed by atoms with E-state index < -0.39 is 47.4 Å². The minimum atomic E-state index is -1.07. The predicted molar refractivity (Wildman–Crippen MR) is 110 cm³/mol. The average Bonchev–Trinajstić information content (AvgIpc) is 3.14. The number of aliphatic hydroxyl groups excluding tert-OH is 1. The van der Waals surface area contributed by atoms with Gasteiger partial charge >= 0.3 is 11.8 Å². The van der Waals surface area contributed by atoms with E-state index in [1.54, 1.807) is 0 Å². The lowest BCUT2D eigenvalue weighted by atomic mass is 10.1. The summed E-state index contributed by atoms with van der Waals surface area (Å²) in [5.41, 5.74) is -0.920. The Kier molecular flexibility index (Phi) is 7.28. The molecule has 0 radical (unpaired) electrons. The molecule has 32 heavy (non-hydrogen) atoms. The number of hydrogen-bond donors (Lipinski definition) is 2. The summed E-state index contributed by atoms with van der Waals surface area (Å²) in [6.45, 7) is 0.794. The lowest BCUT2D eigenvalue weighted by molar-refractivity contribution is -0.385. The first-order valence-corrected chi connectivity index (χ1v) is 9.92. The molecule has 3 rings (SSSR count). The Balaban J connectivity index is 1.61. The van der Waals surface area contributed by atoms with Gasteiger partial charge in [0.1, 0.15) is 18.4 Å². The maximum atomic E-state index is 12.1. The van der Waals surface area contributed by atoms with Gasteiger partial charge in [-0.05, 0) is 13.0 Å². The molecule has 172 valence electrons. The standard InChI is InChI=1S/C19H20ClN3O9/c1-10-8-22(18(26)21-17(10)25)16-7-14(15(9-24)31-16)32-19(27)30-6-5-11-12(20)3-2-4-13(11)23(28)29/h2-4,8,14-16,24H,5-7,9H2,1H3,(H,21,25,26)/t14-,15+,16+/m0/s1. The molecule has 13 heteroatoms. The number of ether oxygens (including phenoxy) is 3. The van der Waals surface area contributed by atoms with Crippen molar-refractivity contribution in [2.45, 2.75) is 38.2 Å². The van der Waals surface area contributed by atoms with Crippen LogP contribution in [0.2, 0.25) is 5.02 Å². The van der Waals surface area contributed by atoms with E-state index in [1.807, 2.05) is 0 Å². The number of rotatable bonds is 7. The number of aryl methyl sites for hydroxylation is 1. The van der Waals surface area contributed by atoms with Crippen LogP contribution in [0.1, 0.15) is 23.8 Å². The Hall–Kier alpha value is -3.22. The highest BCUT2D eigenvalue weighted by Gasteiger charge is 2.39. The van der Waals surface area contributed by atoms with Gasteiger partial charge in [0.25, 0.3) is 11.2 Å². The van der Waals surface area contributed by atoms with Crippen LogP contribution in [-0.4, -0.2) is 51.2 Å². The van der Waals surface area contributed by atoms with Gasteiger partial charge in [0.05, 0.1) is 28.7 Å². The topological polar surface area (TPSA) is 163 Å². The van der Waals surface area contributed by atoms with E-state index in [2.05, 4.69) is 4.98 Å². The molecule has 1 aliphatic rings. The van der Waals surface area contributed by atoms with Crippen LogP contribution in [-0.2, 0) is 20.6 Å². The molecule has 1 aromatic heterocycles. The number of nitro benzene ring substituents is 1. The van der Waals surface area contributed by atoms with Crippen molar-refractivity contribution in [1.29, 1.82) is 0 Å². The highest BCUT2D eigenvalue weighted by Crippen LogP contribution is 2.30. The van der Waals surface area contributed by atoms with Crippen molar-refractivity contribution in [1.82, 2.24) is 9.55 Å². The molecule has 0 unspecified atom stereocenters. The van der Waals surface area contributed by atoms with E-state index in [-0.39, 0.29) is 41.3 Å². The van der Waals surface area contributed by atoms with E-state index >= 15 is 0 Å². The third kappa shape index (κ3) is 5.15. The van der Waals surface area contributed by atoms with E-state index in [9.17, 15) is 29.6 Å². The van der Waals surface area contributed by atoms with Gasteiger partial charge in [0.2, 0.25) is 0 Å². The van der Waals surface area contributed by atoms with Crippen LogP contribution in [0.4, 0.5) is 10.5 Å². The van der Waals surface area contributed by atoms with Crippen LogP contribution in [0, 0.1) is 17.0 Å². The van der Waals surface area contributed by atoms with Gasteiger partial charge in [-0.2, -0.15) is 0 Å². The van der Waals surface area contributed by atoms with E-state index in [0.717, 1.165) is 4.57 Å². The first-order chi connectivity index (χ1) is 15.2. The molecule has 0 bridgehead atoms. The SMILES string of the molecule is Cc1cn([C@H]2C[C@H](OC(=O)OCCc3c(Cl)cccc3[N+](=O)[O-])[C@@H](CO)O2)c(=O)[nH]c1=O. The van der Waals surface area contributed by atoms with Crippen molar-refractivity contribution >= 4 is 23.4 Å². The lowest BCUT2D eigenvalue weighted by Crippen LogP contribution is -2.33. The Morgan fingerprint density at radius 1 is 1.44 bits per heavy atom. The number of aromatic amines is 1. The first-order valence-electron chi connectivity index (χ1n) is 9.54. The average molecular weight is 470 g/mol. The molecule has 2 heterocycles. The largest absolute Gasteiger partial charge is 0.508 e. The Morgan fingerprint density at radius 2 is 2.19 bits per heavy atom. The summed E-state index contributed by atoms with van der Waals surface area (Å²) in [7, 11) is 0. The van der Waals surface area contributed by atoms with Crippen molar-refractivity contribution in [3.63, 3.8) is 0 Å². The summed E-state index contributed by atoms with van der Waals surface area (Å²) in [4.78, 5) is 48.4. The number of carbonyl (C=O) groups excluding carboxylic acids is 1. The van der Waals surface area contributed by atoms with Gasteiger partial charge in [-0.15, -0.1) is 0 Å². The third-order valence-corrected chi connectivity index (χ3v) is 5.28. The smallest absolute Gasteiger partial charge is 0.434 e. The molecule has 0 saturated carbocycles. The lowest BCUT2D eigenvalue weighted by Gasteiger charge is -2.16. The second-order valence-electron chi connectivity index (χ2n) is 7.03. The summed E-state index contributed by atoms with van der Waals surface area (Å²) >= 11 is 6.00. The van der Waals surface area contributed by atoms with Crippen LogP contribution in [0.15, 0.2) is 34.0 Å². The van der Waals surface area contributed by atoms with E-state index in [0.29, 0.717) is 0 Å². The molecular formula is C19H20ClN3O9. The number of hydrogen-bond acceptors (Lipinski definition) is 9. The number of carbonyl (C=O) groups is 1. The maximum absolute atomic E-state index is 12.1. The van der Waals surface area contributed by atoms with E-state index in [1.165, 1.54) is 31.3 Å². The summed E-state index contributed by atoms with van der Waals surface area (Å²) in [6.07, 6.45) is -2.46. The van der Waals surface area contributed by atoms with Crippen molar-refractivity contribution in [2.75, 3.05) is 13.2 Å². The number of nitro groups is 1. The minimum absolute atomic E-state index is 0.00957. The summed E-state index contributed by atoms with van der Waals surface area (Å²) in [5, 5.41) is 20.8. The molecule has 1 saturated heterocycles. The highest BCUT2D eigenvalue weighted by atomic mass is 35.5. The molecule has 0 aliphatic carbocycles. The van der Waals surface area contributed by atoms with Gasteiger partial charge < -0.3 is 19.3 Å². The van der Waals surface area contributed by atoms with Crippen LogP contribution in [0.3, 0.4) is 0 Å². The fourth-order valence-corrected chi connectivity index (χ4v) is 3.58. The molecule has 3 atom stereocenters. The first kappa shape index (κ1) is 23.4. The highest BCUT2D eigenvalue weighted by molar-refractivity contribution is 6.31. The zero-order valence-electron chi connectivity index (χ0n) is 16.9. The number of benzene rings is 1. The van der Waals surface area contributed by atoms with E-state index in [4.69, 9.17) is 25.8 Å². The van der Waals surface area contributed by atoms with Crippen LogP contribution in [0.25, 0.3) is 0 Å². The number of aromatic nitrogens is 2. The second kappa shape index (κ2) is 9.94. The van der Waals surface area contributed by atoms with Crippen molar-refractivity contribution in [2.24, 2.45) is 0 Å². The van der Waals surface area contributed by atoms with Gasteiger partial charge in [-0.1, -0.05) is 17.7 Å². The molecule has 1 fully saturated rings. The number of nitrogens with one attached hydrogen (secondary N) is 1. The van der Waals surface area contributed by atoms with Gasteiger partial charge in [-0.25, -0.2) is 9.59 Å². The molecule has 1 aliphatic heterocycles. The summed E-state index contributed by atoms with van der Waals surface area (Å²) in [6, 6.07) is 4.23. The molecule has 2 N–H and O–H groups in total. The molecule has 0 amide bonds. The third-order valence-electron chi connectivity index (χ3n) is 4.93. The normalized spacial score (nSPS) is 20.2. The van der Waals surface area contributed by atoms with Crippen molar-refractivity contribution in [3.05, 3.63) is 71.5 Å². The number of aliphatic hydroxyl groups is 1. The van der Waals surface area contributed by atoms with Crippen LogP contribution >= 0.6 is 11.6 Å². The van der Waals surface area contributed by atoms with Crippen LogP contribution in [0.5, 0.6) is 0 Å². The Labute approximate surface area is 185 Å². The molecule has 0 spiro atoms. The molecule has 1 aromatic carbocycles. The zero-order valence-corrected chi connectivity index (χ0v) is 17.6. The Morgan fingerprint density at radius 3 is 2.88 bits per heavy atom. The number of halogens is 1. The monoisotopic (exact) mass is 469 g/mol. The zero-order chi connectivity index (χ0) is 23.4. The molecule has 12 nitrogen and oxygen atoms in total. The van der Waals surface area contributed by atoms with Gasteiger partial charge in [0.15, 0.2) is 0 Å². The fourth-order valence-electron chi connectivity index (χ4n) is 3.32. The molecule has 2 aromatic rings. The summed E-state index contributed by atoms with van der Waals surface area (Å²) in [5.74, 6) is 0. The Bertz CT molecular complexity index is 1130. The minimum Gasteiger partial charge on any atom is -0.434 e. The quantitative estimate of drug-likeness (QED) is 0.347. The van der Waals surface area contributed by atoms with Crippen LogP contribution < -0.4 is 11.2 Å². The maximum Gasteiger partial charge on any atom is 0.508 e. The fraction of sp³-hybridized carbons (Fsp3) is 0.421. The van der Waals surface area contributed by atoms with Crippen molar-refractivity contribution in [3.8, 4) is 0 Å². The number of H-pyrrole nitrogens is 1.